The maximum Gasteiger partial charge on any atom is 0.272 e. The molecule has 0 N–H and O–H groups in total. The van der Waals surface area contributed by atoms with Crippen molar-refractivity contribution in [3.05, 3.63) is 24.0 Å². The van der Waals surface area contributed by atoms with Gasteiger partial charge in [-0.25, -0.2) is 4.98 Å². The first-order valence-corrected chi connectivity index (χ1v) is 8.74. The number of hydrogen-bond acceptors (Lipinski definition) is 3. The molecule has 0 bridgehead atoms. The second kappa shape index (κ2) is 7.12. The predicted octanol–water partition coefficient (Wildman–Crippen LogP) is 3.33. The number of pyridine rings is 1. The number of amides is 1. The lowest BCUT2D eigenvalue weighted by molar-refractivity contribution is 0.0756. The summed E-state index contributed by atoms with van der Waals surface area (Å²) in [6.07, 6.45) is 9.16. The fraction of sp³-hybridized carbons (Fsp3) is 0.667. The van der Waals surface area contributed by atoms with Crippen LogP contribution in [0.4, 0.5) is 5.69 Å². The molecular weight excluding hydrogens is 274 g/mol. The summed E-state index contributed by atoms with van der Waals surface area (Å²) in [5.74, 6) is 0.840. The molecule has 4 nitrogen and oxygen atoms in total. The van der Waals surface area contributed by atoms with E-state index in [1.807, 2.05) is 17.2 Å². The van der Waals surface area contributed by atoms with Crippen molar-refractivity contribution in [2.45, 2.75) is 45.4 Å². The summed E-state index contributed by atoms with van der Waals surface area (Å²) in [4.78, 5) is 21.4. The highest BCUT2D eigenvalue weighted by Crippen LogP contribution is 2.22. The smallest absolute Gasteiger partial charge is 0.272 e. The molecule has 2 saturated heterocycles. The van der Waals surface area contributed by atoms with Crippen LogP contribution in [0.2, 0.25) is 0 Å². The van der Waals surface area contributed by atoms with Gasteiger partial charge < -0.3 is 9.80 Å². The highest BCUT2D eigenvalue weighted by molar-refractivity contribution is 5.92. The van der Waals surface area contributed by atoms with Crippen molar-refractivity contribution in [3.63, 3.8) is 0 Å². The number of rotatable bonds is 2. The third-order valence-corrected chi connectivity index (χ3v) is 4.88. The number of anilines is 1. The van der Waals surface area contributed by atoms with Crippen LogP contribution in [-0.4, -0.2) is 42.0 Å². The van der Waals surface area contributed by atoms with Gasteiger partial charge in [0.2, 0.25) is 0 Å². The average molecular weight is 301 g/mol. The Bertz CT molecular complexity index is 492. The zero-order chi connectivity index (χ0) is 15.4. The zero-order valence-corrected chi connectivity index (χ0v) is 13.6. The van der Waals surface area contributed by atoms with Gasteiger partial charge >= 0.3 is 0 Å². The summed E-state index contributed by atoms with van der Waals surface area (Å²) in [6.45, 7) is 6.27. The monoisotopic (exact) mass is 301 g/mol. The van der Waals surface area contributed by atoms with Gasteiger partial charge in [0.05, 0.1) is 11.9 Å². The molecule has 2 aliphatic rings. The lowest BCUT2D eigenvalue weighted by atomic mass is 10.00. The quantitative estimate of drug-likeness (QED) is 0.840. The molecule has 1 aromatic heterocycles. The molecule has 3 rings (SSSR count). The minimum absolute atomic E-state index is 0.0977. The molecule has 0 aromatic carbocycles. The van der Waals surface area contributed by atoms with Crippen molar-refractivity contribution in [3.8, 4) is 0 Å². The summed E-state index contributed by atoms with van der Waals surface area (Å²) in [5.41, 5.74) is 1.75. The van der Waals surface area contributed by atoms with Crippen molar-refractivity contribution < 1.29 is 4.79 Å². The maximum absolute atomic E-state index is 12.5. The third kappa shape index (κ3) is 3.60. The zero-order valence-electron chi connectivity index (χ0n) is 13.6. The number of piperidine rings is 1. The van der Waals surface area contributed by atoms with E-state index in [9.17, 15) is 4.79 Å². The Labute approximate surface area is 133 Å². The van der Waals surface area contributed by atoms with Gasteiger partial charge in [-0.2, -0.15) is 0 Å². The van der Waals surface area contributed by atoms with Crippen LogP contribution in [0.25, 0.3) is 0 Å². The number of carbonyl (C=O) groups is 1. The summed E-state index contributed by atoms with van der Waals surface area (Å²) >= 11 is 0. The first-order chi connectivity index (χ1) is 10.7. The standard InChI is InChI=1S/C18H27N3O/c1-15-7-6-12-21(14-15)16-8-9-17(19-13-16)18(22)20-10-4-2-3-5-11-20/h8-9,13,15H,2-7,10-12,14H2,1H3. The Morgan fingerprint density at radius 1 is 1.09 bits per heavy atom. The largest absolute Gasteiger partial charge is 0.370 e. The Kier molecular flexibility index (Phi) is 4.96. The molecule has 120 valence electrons. The molecule has 0 spiro atoms. The summed E-state index contributed by atoms with van der Waals surface area (Å²) in [5, 5.41) is 0. The molecule has 2 fully saturated rings. The van der Waals surface area contributed by atoms with Crippen LogP contribution < -0.4 is 4.90 Å². The van der Waals surface area contributed by atoms with Gasteiger partial charge in [-0.15, -0.1) is 0 Å². The van der Waals surface area contributed by atoms with Crippen LogP contribution >= 0.6 is 0 Å². The number of nitrogens with zero attached hydrogens (tertiary/aromatic N) is 3. The number of carbonyl (C=O) groups excluding carboxylic acids is 1. The lowest BCUT2D eigenvalue weighted by Gasteiger charge is -2.32. The molecule has 1 amide bonds. The topological polar surface area (TPSA) is 36.4 Å². The van der Waals surface area contributed by atoms with Crippen LogP contribution in [0.15, 0.2) is 18.3 Å². The summed E-state index contributed by atoms with van der Waals surface area (Å²) in [7, 11) is 0. The molecule has 3 heterocycles. The second-order valence-corrected chi connectivity index (χ2v) is 6.80. The van der Waals surface area contributed by atoms with Crippen molar-refractivity contribution in [1.29, 1.82) is 0 Å². The number of likely N-dealkylation sites (tertiary alicyclic amines) is 1. The second-order valence-electron chi connectivity index (χ2n) is 6.80. The Morgan fingerprint density at radius 2 is 1.86 bits per heavy atom. The van der Waals surface area contributed by atoms with Crippen molar-refractivity contribution in [2.75, 3.05) is 31.1 Å². The van der Waals surface area contributed by atoms with Gasteiger partial charge in [0.25, 0.3) is 5.91 Å². The third-order valence-electron chi connectivity index (χ3n) is 4.88. The van der Waals surface area contributed by atoms with E-state index in [4.69, 9.17) is 0 Å². The first-order valence-electron chi connectivity index (χ1n) is 8.74. The average Bonchev–Trinajstić information content (AvgIpc) is 2.84. The molecule has 1 aromatic rings. The fourth-order valence-electron chi connectivity index (χ4n) is 3.56. The van der Waals surface area contributed by atoms with E-state index >= 15 is 0 Å². The van der Waals surface area contributed by atoms with Gasteiger partial charge in [0.15, 0.2) is 0 Å². The van der Waals surface area contributed by atoms with Crippen molar-refractivity contribution in [2.24, 2.45) is 5.92 Å². The summed E-state index contributed by atoms with van der Waals surface area (Å²) < 4.78 is 0. The van der Waals surface area contributed by atoms with E-state index in [1.54, 1.807) is 0 Å². The molecule has 0 saturated carbocycles. The Hall–Kier alpha value is -1.58. The van der Waals surface area contributed by atoms with E-state index in [0.29, 0.717) is 5.69 Å². The molecule has 0 aliphatic carbocycles. The predicted molar refractivity (Wildman–Crippen MR) is 89.2 cm³/mol. The van der Waals surface area contributed by atoms with Crippen molar-refractivity contribution in [1.82, 2.24) is 9.88 Å². The van der Waals surface area contributed by atoms with Crippen LogP contribution in [-0.2, 0) is 0 Å². The molecule has 0 radical (unpaired) electrons. The van der Waals surface area contributed by atoms with Crippen LogP contribution in [0.1, 0.15) is 55.9 Å². The van der Waals surface area contributed by atoms with Gasteiger partial charge in [-0.3, -0.25) is 4.79 Å². The van der Waals surface area contributed by atoms with E-state index in [-0.39, 0.29) is 5.91 Å². The molecule has 2 aliphatic heterocycles. The SMILES string of the molecule is CC1CCCN(c2ccc(C(=O)N3CCCCCC3)nc2)C1. The summed E-state index contributed by atoms with van der Waals surface area (Å²) in [6, 6.07) is 3.97. The van der Waals surface area contributed by atoms with Crippen LogP contribution in [0.3, 0.4) is 0 Å². The fourth-order valence-corrected chi connectivity index (χ4v) is 3.56. The Morgan fingerprint density at radius 3 is 2.50 bits per heavy atom. The minimum Gasteiger partial charge on any atom is -0.370 e. The first kappa shape index (κ1) is 15.3. The maximum atomic E-state index is 12.5. The Balaban J connectivity index is 1.66. The normalized spacial score (nSPS) is 23.2. The van der Waals surface area contributed by atoms with E-state index in [0.717, 1.165) is 50.6 Å². The highest BCUT2D eigenvalue weighted by Gasteiger charge is 2.20. The van der Waals surface area contributed by atoms with Gasteiger partial charge in [-0.05, 0) is 43.7 Å². The van der Waals surface area contributed by atoms with Gasteiger partial charge in [0.1, 0.15) is 5.69 Å². The van der Waals surface area contributed by atoms with Gasteiger partial charge in [0, 0.05) is 26.2 Å². The van der Waals surface area contributed by atoms with E-state index in [1.165, 1.54) is 25.7 Å². The lowest BCUT2D eigenvalue weighted by Crippen LogP contribution is -2.35. The van der Waals surface area contributed by atoms with Crippen molar-refractivity contribution >= 4 is 11.6 Å². The highest BCUT2D eigenvalue weighted by atomic mass is 16.2. The van der Waals surface area contributed by atoms with E-state index < -0.39 is 0 Å². The number of aromatic nitrogens is 1. The van der Waals surface area contributed by atoms with Crippen LogP contribution in [0, 0.1) is 5.92 Å². The molecule has 4 heteroatoms. The van der Waals surface area contributed by atoms with Gasteiger partial charge in [-0.1, -0.05) is 19.8 Å². The van der Waals surface area contributed by atoms with E-state index in [2.05, 4.69) is 22.9 Å². The molecule has 1 atom stereocenters. The molecular formula is C18H27N3O. The molecule has 22 heavy (non-hydrogen) atoms. The molecule has 1 unspecified atom stereocenters. The minimum atomic E-state index is 0.0977. The number of hydrogen-bond donors (Lipinski definition) is 0. The van der Waals surface area contributed by atoms with Crippen LogP contribution in [0.5, 0.6) is 0 Å².